The highest BCUT2D eigenvalue weighted by Gasteiger charge is 2.25. The van der Waals surface area contributed by atoms with Gasteiger partial charge < -0.3 is 20.3 Å². The number of piperazine rings is 1. The quantitative estimate of drug-likeness (QED) is 0.730. The molecule has 2 aliphatic heterocycles. The molecule has 24 heavy (non-hydrogen) atoms. The number of likely N-dealkylation sites (tertiary alicyclic amines) is 1. The Bertz CT molecular complexity index is 399. The second-order valence-corrected chi connectivity index (χ2v) is 6.75. The molecular weight excluding hydrogens is 308 g/mol. The monoisotopic (exact) mass is 340 g/mol. The van der Waals surface area contributed by atoms with E-state index in [2.05, 4.69) is 4.90 Å². The van der Waals surface area contributed by atoms with Gasteiger partial charge in [-0.3, -0.25) is 14.5 Å². The lowest BCUT2D eigenvalue weighted by Crippen LogP contribution is -2.52. The Morgan fingerprint density at radius 3 is 2.04 bits per heavy atom. The lowest BCUT2D eigenvalue weighted by atomic mass is 10.2. The molecule has 7 heteroatoms. The molecule has 1 atom stereocenters. The van der Waals surface area contributed by atoms with E-state index in [9.17, 15) is 9.59 Å². The summed E-state index contributed by atoms with van der Waals surface area (Å²) in [7, 11) is 1.58. The van der Waals surface area contributed by atoms with Crippen molar-refractivity contribution in [1.29, 1.82) is 0 Å². The number of carbonyl (C=O) groups is 2. The summed E-state index contributed by atoms with van der Waals surface area (Å²) in [6.45, 7) is 5.49. The van der Waals surface area contributed by atoms with Gasteiger partial charge in [-0.2, -0.15) is 0 Å². The Morgan fingerprint density at radius 1 is 0.917 bits per heavy atom. The molecule has 0 spiro atoms. The van der Waals surface area contributed by atoms with Crippen LogP contribution in [0.2, 0.25) is 0 Å². The van der Waals surface area contributed by atoms with Crippen LogP contribution in [0.25, 0.3) is 0 Å². The molecule has 0 radical (unpaired) electrons. The summed E-state index contributed by atoms with van der Waals surface area (Å²) in [6.07, 6.45) is 4.83. The summed E-state index contributed by atoms with van der Waals surface area (Å²) in [6, 6.07) is 0. The highest BCUT2D eigenvalue weighted by atomic mass is 16.5. The van der Waals surface area contributed by atoms with E-state index in [-0.39, 0.29) is 17.9 Å². The van der Waals surface area contributed by atoms with Gasteiger partial charge in [-0.05, 0) is 12.8 Å². The van der Waals surface area contributed by atoms with Crippen molar-refractivity contribution in [2.75, 3.05) is 59.5 Å². The summed E-state index contributed by atoms with van der Waals surface area (Å²) < 4.78 is 5.18. The highest BCUT2D eigenvalue weighted by molar-refractivity contribution is 5.78. The molecule has 2 N–H and O–H groups in total. The molecule has 0 aromatic rings. The van der Waals surface area contributed by atoms with Crippen molar-refractivity contribution in [3.63, 3.8) is 0 Å². The summed E-state index contributed by atoms with van der Waals surface area (Å²) in [5.74, 6) is 0.324. The van der Waals surface area contributed by atoms with Gasteiger partial charge in [0, 0.05) is 52.9 Å². The van der Waals surface area contributed by atoms with Crippen molar-refractivity contribution in [1.82, 2.24) is 14.7 Å². The van der Waals surface area contributed by atoms with Crippen LogP contribution < -0.4 is 5.73 Å². The van der Waals surface area contributed by atoms with E-state index in [1.165, 1.54) is 12.8 Å². The zero-order valence-corrected chi connectivity index (χ0v) is 14.9. The predicted octanol–water partition coefficient (Wildman–Crippen LogP) is -0.103. The van der Waals surface area contributed by atoms with Gasteiger partial charge in [0.25, 0.3) is 0 Å². The third kappa shape index (κ3) is 5.72. The number of hydrogen-bond donors (Lipinski definition) is 1. The molecule has 2 saturated heterocycles. The van der Waals surface area contributed by atoms with E-state index < -0.39 is 0 Å². The first-order valence-electron chi connectivity index (χ1n) is 9.14. The van der Waals surface area contributed by atoms with E-state index in [4.69, 9.17) is 10.5 Å². The first kappa shape index (κ1) is 19.1. The minimum Gasteiger partial charge on any atom is -0.380 e. The number of nitrogens with two attached hydrogens (primary N) is 1. The largest absolute Gasteiger partial charge is 0.380 e. The molecule has 0 aliphatic carbocycles. The Hall–Kier alpha value is -1.18. The van der Waals surface area contributed by atoms with Crippen LogP contribution in [0.4, 0.5) is 0 Å². The van der Waals surface area contributed by atoms with Crippen LogP contribution in [-0.4, -0.2) is 92.1 Å². The van der Waals surface area contributed by atoms with Crippen LogP contribution in [-0.2, 0) is 14.3 Å². The third-order valence-electron chi connectivity index (χ3n) is 5.04. The number of nitrogens with zero attached hydrogens (tertiary/aromatic N) is 3. The number of ether oxygens (including phenoxy) is 1. The first-order valence-corrected chi connectivity index (χ1v) is 9.14. The molecule has 1 unspecified atom stereocenters. The van der Waals surface area contributed by atoms with E-state index in [1.54, 1.807) is 7.11 Å². The summed E-state index contributed by atoms with van der Waals surface area (Å²) in [5.41, 5.74) is 5.57. The second kappa shape index (κ2) is 9.96. The molecular formula is C17H32N4O3. The zero-order valence-electron chi connectivity index (χ0n) is 14.9. The average Bonchev–Trinajstić information content (AvgIpc) is 2.89. The number of methoxy groups -OCH3 is 1. The molecule has 0 aromatic carbocycles. The molecule has 2 aliphatic rings. The predicted molar refractivity (Wildman–Crippen MR) is 92.5 cm³/mol. The molecule has 0 aromatic heterocycles. The van der Waals surface area contributed by atoms with E-state index in [0.29, 0.717) is 32.6 Å². The van der Waals surface area contributed by atoms with Crippen molar-refractivity contribution in [3.05, 3.63) is 0 Å². The lowest BCUT2D eigenvalue weighted by molar-refractivity contribution is -0.136. The molecule has 2 amide bonds. The topological polar surface area (TPSA) is 79.1 Å². The van der Waals surface area contributed by atoms with Crippen LogP contribution in [0.1, 0.15) is 32.1 Å². The SMILES string of the molecule is COC(CN)CC(=O)N1CCN(CC(=O)N2CCCCCC2)CC1. The lowest BCUT2D eigenvalue weighted by Gasteiger charge is -2.35. The van der Waals surface area contributed by atoms with Crippen molar-refractivity contribution >= 4 is 11.8 Å². The maximum absolute atomic E-state index is 12.4. The number of rotatable bonds is 6. The van der Waals surface area contributed by atoms with Crippen LogP contribution in [0.15, 0.2) is 0 Å². The van der Waals surface area contributed by atoms with Crippen LogP contribution in [0, 0.1) is 0 Å². The Kier molecular flexibility index (Phi) is 7.94. The molecule has 0 saturated carbocycles. The van der Waals surface area contributed by atoms with E-state index >= 15 is 0 Å². The van der Waals surface area contributed by atoms with Crippen molar-refractivity contribution in [2.45, 2.75) is 38.2 Å². The normalized spacial score (nSPS) is 21.4. The van der Waals surface area contributed by atoms with Crippen molar-refractivity contribution in [2.24, 2.45) is 5.73 Å². The summed E-state index contributed by atoms with van der Waals surface area (Å²) >= 11 is 0. The average molecular weight is 340 g/mol. The molecule has 7 nitrogen and oxygen atoms in total. The second-order valence-electron chi connectivity index (χ2n) is 6.75. The molecule has 0 bridgehead atoms. The minimum absolute atomic E-state index is 0.0887. The molecule has 2 fully saturated rings. The van der Waals surface area contributed by atoms with Gasteiger partial charge in [-0.25, -0.2) is 0 Å². The fraction of sp³-hybridized carbons (Fsp3) is 0.882. The molecule has 2 rings (SSSR count). The van der Waals surface area contributed by atoms with Gasteiger partial charge in [0.15, 0.2) is 0 Å². The van der Waals surface area contributed by atoms with E-state index in [1.807, 2.05) is 9.80 Å². The number of hydrogen-bond acceptors (Lipinski definition) is 5. The number of amides is 2. The fourth-order valence-electron chi connectivity index (χ4n) is 3.35. The first-order chi connectivity index (χ1) is 11.6. The molecule has 138 valence electrons. The van der Waals surface area contributed by atoms with Crippen LogP contribution >= 0.6 is 0 Å². The Labute approximate surface area is 145 Å². The number of carbonyl (C=O) groups excluding carboxylic acids is 2. The van der Waals surface area contributed by atoms with Gasteiger partial charge in [-0.15, -0.1) is 0 Å². The maximum Gasteiger partial charge on any atom is 0.236 e. The van der Waals surface area contributed by atoms with Crippen molar-refractivity contribution < 1.29 is 14.3 Å². The Balaban J connectivity index is 1.72. The fourth-order valence-corrected chi connectivity index (χ4v) is 3.35. The third-order valence-corrected chi connectivity index (χ3v) is 5.04. The molecule has 2 heterocycles. The smallest absolute Gasteiger partial charge is 0.236 e. The van der Waals surface area contributed by atoms with Crippen LogP contribution in [0.3, 0.4) is 0 Å². The van der Waals surface area contributed by atoms with Crippen molar-refractivity contribution in [3.8, 4) is 0 Å². The Morgan fingerprint density at radius 2 is 1.50 bits per heavy atom. The van der Waals surface area contributed by atoms with Gasteiger partial charge >= 0.3 is 0 Å². The van der Waals surface area contributed by atoms with Gasteiger partial charge in [0.2, 0.25) is 11.8 Å². The van der Waals surface area contributed by atoms with E-state index in [0.717, 1.165) is 39.0 Å². The van der Waals surface area contributed by atoms with Crippen LogP contribution in [0.5, 0.6) is 0 Å². The zero-order chi connectivity index (χ0) is 17.4. The summed E-state index contributed by atoms with van der Waals surface area (Å²) in [5, 5.41) is 0. The standard InChI is InChI=1S/C17H32N4O3/c1-24-15(13-18)12-16(22)21-10-8-19(9-11-21)14-17(23)20-6-4-2-3-5-7-20/h15H,2-14,18H2,1H3. The van der Waals surface area contributed by atoms with Gasteiger partial charge in [0.05, 0.1) is 19.1 Å². The van der Waals surface area contributed by atoms with Gasteiger partial charge in [0.1, 0.15) is 0 Å². The maximum atomic E-state index is 12.4. The minimum atomic E-state index is -0.208. The van der Waals surface area contributed by atoms with Gasteiger partial charge in [-0.1, -0.05) is 12.8 Å². The summed E-state index contributed by atoms with van der Waals surface area (Å²) in [4.78, 5) is 30.7. The highest BCUT2D eigenvalue weighted by Crippen LogP contribution is 2.11.